The van der Waals surface area contributed by atoms with E-state index in [1.165, 1.54) is 0 Å². The second-order valence-corrected chi connectivity index (χ2v) is 7.14. The van der Waals surface area contributed by atoms with Crippen molar-refractivity contribution in [2.75, 3.05) is 0 Å². The average molecular weight is 336 g/mol. The number of benzene rings is 2. The van der Waals surface area contributed by atoms with Crippen molar-refractivity contribution in [3.05, 3.63) is 69.6 Å². The van der Waals surface area contributed by atoms with Gasteiger partial charge in [0.15, 0.2) is 5.78 Å². The minimum Gasteiger partial charge on any atom is -0.295 e. The monoisotopic (exact) mass is 336 g/mol. The first-order chi connectivity index (χ1) is 11.9. The van der Waals surface area contributed by atoms with Gasteiger partial charge in [-0.2, -0.15) is 0 Å². The van der Waals surface area contributed by atoms with Crippen LogP contribution in [0.3, 0.4) is 0 Å². The molecule has 25 heavy (non-hydrogen) atoms. The van der Waals surface area contributed by atoms with Crippen molar-refractivity contribution < 1.29 is 4.79 Å². The van der Waals surface area contributed by atoms with Crippen LogP contribution >= 0.6 is 0 Å². The predicted octanol–water partition coefficient (Wildman–Crippen LogP) is 3.73. The lowest BCUT2D eigenvalue weighted by Crippen LogP contribution is -2.24. The Bertz CT molecular complexity index is 993. The van der Waals surface area contributed by atoms with Crippen molar-refractivity contribution in [1.29, 1.82) is 0 Å². The largest absolute Gasteiger partial charge is 0.328 e. The highest BCUT2D eigenvalue weighted by molar-refractivity contribution is 6.00. The molecule has 4 heteroatoms. The van der Waals surface area contributed by atoms with Gasteiger partial charge in [0.1, 0.15) is 0 Å². The Morgan fingerprint density at radius 2 is 1.84 bits per heavy atom. The minimum atomic E-state index is -0.0352. The summed E-state index contributed by atoms with van der Waals surface area (Å²) in [5, 5.41) is 0. The molecule has 0 saturated heterocycles. The fraction of sp³-hybridized carbons (Fsp3) is 0.333. The van der Waals surface area contributed by atoms with E-state index in [0.717, 1.165) is 22.2 Å². The lowest BCUT2D eigenvalue weighted by molar-refractivity contribution is 0.0993. The zero-order chi connectivity index (χ0) is 18.1. The maximum Gasteiger partial charge on any atom is 0.328 e. The van der Waals surface area contributed by atoms with E-state index in [4.69, 9.17) is 0 Å². The van der Waals surface area contributed by atoms with Crippen molar-refractivity contribution in [2.45, 2.75) is 33.7 Å². The SMILES string of the molecule is Cc1cccc(CC(=O)c2ccc3c(c2)n(C)c(=O)n3CC(C)C)c1. The van der Waals surface area contributed by atoms with Crippen LogP contribution in [0.2, 0.25) is 0 Å². The molecule has 0 radical (unpaired) electrons. The number of fused-ring (bicyclic) bond motifs is 1. The van der Waals surface area contributed by atoms with Gasteiger partial charge < -0.3 is 0 Å². The molecule has 3 aromatic rings. The van der Waals surface area contributed by atoms with Crippen LogP contribution in [0.15, 0.2) is 47.3 Å². The Labute approximate surface area is 147 Å². The Morgan fingerprint density at radius 3 is 2.52 bits per heavy atom. The molecule has 0 amide bonds. The van der Waals surface area contributed by atoms with Crippen LogP contribution in [0.1, 0.15) is 35.3 Å². The topological polar surface area (TPSA) is 44.0 Å². The summed E-state index contributed by atoms with van der Waals surface area (Å²) in [6.07, 6.45) is 0.369. The molecule has 130 valence electrons. The lowest BCUT2D eigenvalue weighted by atomic mass is 10.0. The number of carbonyl (C=O) groups excluding carboxylic acids is 1. The lowest BCUT2D eigenvalue weighted by Gasteiger charge is -2.07. The predicted molar refractivity (Wildman–Crippen MR) is 101 cm³/mol. The van der Waals surface area contributed by atoms with E-state index < -0.39 is 0 Å². The van der Waals surface area contributed by atoms with E-state index in [1.807, 2.05) is 49.4 Å². The number of ketones is 1. The molecule has 0 unspecified atom stereocenters. The zero-order valence-electron chi connectivity index (χ0n) is 15.2. The highest BCUT2D eigenvalue weighted by Crippen LogP contribution is 2.18. The number of rotatable bonds is 5. The van der Waals surface area contributed by atoms with E-state index in [1.54, 1.807) is 16.2 Å². The van der Waals surface area contributed by atoms with Gasteiger partial charge in [-0.15, -0.1) is 0 Å². The molecule has 0 bridgehead atoms. The van der Waals surface area contributed by atoms with Crippen molar-refractivity contribution in [2.24, 2.45) is 13.0 Å². The molecule has 0 fully saturated rings. The summed E-state index contributed by atoms with van der Waals surface area (Å²) in [6.45, 7) is 6.87. The smallest absolute Gasteiger partial charge is 0.295 e. The third-order valence-corrected chi connectivity index (χ3v) is 4.46. The molecule has 0 aliphatic carbocycles. The molecule has 0 aliphatic rings. The summed E-state index contributed by atoms with van der Waals surface area (Å²) in [5.41, 5.74) is 4.46. The van der Waals surface area contributed by atoms with Gasteiger partial charge in [0.25, 0.3) is 0 Å². The first-order valence-corrected chi connectivity index (χ1v) is 8.65. The standard InChI is InChI=1S/C21H24N2O2/c1-14(2)13-23-18-9-8-17(12-19(18)22(4)21(23)25)20(24)11-16-7-5-6-15(3)10-16/h5-10,12,14H,11,13H2,1-4H3. The van der Waals surface area contributed by atoms with Crippen molar-refractivity contribution >= 4 is 16.8 Å². The fourth-order valence-corrected chi connectivity index (χ4v) is 3.23. The molecule has 4 nitrogen and oxygen atoms in total. The van der Waals surface area contributed by atoms with Gasteiger partial charge in [0.2, 0.25) is 0 Å². The van der Waals surface area contributed by atoms with E-state index >= 15 is 0 Å². The quantitative estimate of drug-likeness (QED) is 0.666. The van der Waals surface area contributed by atoms with E-state index in [2.05, 4.69) is 13.8 Å². The van der Waals surface area contributed by atoms with Gasteiger partial charge in [-0.3, -0.25) is 13.9 Å². The van der Waals surface area contributed by atoms with Gasteiger partial charge in [0, 0.05) is 25.6 Å². The van der Waals surface area contributed by atoms with Gasteiger partial charge in [-0.25, -0.2) is 4.79 Å². The van der Waals surface area contributed by atoms with Crippen molar-refractivity contribution in [1.82, 2.24) is 9.13 Å². The Hall–Kier alpha value is -2.62. The number of nitrogens with zero attached hydrogens (tertiary/aromatic N) is 2. The third kappa shape index (κ3) is 3.43. The maximum absolute atomic E-state index is 12.7. The van der Waals surface area contributed by atoms with E-state index in [-0.39, 0.29) is 11.5 Å². The molecule has 0 atom stereocenters. The Kier molecular flexibility index (Phi) is 4.62. The second kappa shape index (κ2) is 6.71. The summed E-state index contributed by atoms with van der Waals surface area (Å²) in [6, 6.07) is 13.6. The molecule has 0 aliphatic heterocycles. The highest BCUT2D eigenvalue weighted by atomic mass is 16.1. The van der Waals surface area contributed by atoms with Crippen LogP contribution in [0, 0.1) is 12.8 Å². The molecule has 3 rings (SSSR count). The van der Waals surface area contributed by atoms with Crippen molar-refractivity contribution in [3.8, 4) is 0 Å². The molecule has 1 heterocycles. The number of hydrogen-bond donors (Lipinski definition) is 0. The van der Waals surface area contributed by atoms with Gasteiger partial charge in [-0.05, 0) is 36.6 Å². The molecule has 0 N–H and O–H groups in total. The molecular weight excluding hydrogens is 312 g/mol. The van der Waals surface area contributed by atoms with Gasteiger partial charge in [0.05, 0.1) is 11.0 Å². The Morgan fingerprint density at radius 1 is 1.08 bits per heavy atom. The normalized spacial score (nSPS) is 11.4. The molecule has 0 spiro atoms. The number of aromatic nitrogens is 2. The summed E-state index contributed by atoms with van der Waals surface area (Å²) >= 11 is 0. The summed E-state index contributed by atoms with van der Waals surface area (Å²) in [5.74, 6) is 0.447. The van der Waals surface area contributed by atoms with Crippen LogP contribution in [-0.2, 0) is 20.0 Å². The van der Waals surface area contributed by atoms with Crippen LogP contribution < -0.4 is 5.69 Å². The van der Waals surface area contributed by atoms with Gasteiger partial charge in [-0.1, -0.05) is 43.7 Å². The van der Waals surface area contributed by atoms with Crippen molar-refractivity contribution in [3.63, 3.8) is 0 Å². The molecule has 0 saturated carbocycles. The number of imidazole rings is 1. The summed E-state index contributed by atoms with van der Waals surface area (Å²) < 4.78 is 3.41. The number of hydrogen-bond acceptors (Lipinski definition) is 2. The van der Waals surface area contributed by atoms with Crippen LogP contribution in [0.25, 0.3) is 11.0 Å². The van der Waals surface area contributed by atoms with Gasteiger partial charge >= 0.3 is 5.69 Å². The fourth-order valence-electron chi connectivity index (χ4n) is 3.23. The Balaban J connectivity index is 1.97. The highest BCUT2D eigenvalue weighted by Gasteiger charge is 2.15. The van der Waals surface area contributed by atoms with Crippen LogP contribution in [0.4, 0.5) is 0 Å². The van der Waals surface area contributed by atoms with Crippen LogP contribution in [-0.4, -0.2) is 14.9 Å². The first kappa shape index (κ1) is 17.2. The molecular formula is C21H24N2O2. The third-order valence-electron chi connectivity index (χ3n) is 4.46. The number of carbonyl (C=O) groups is 1. The first-order valence-electron chi connectivity index (χ1n) is 8.65. The summed E-state index contributed by atoms with van der Waals surface area (Å²) in [7, 11) is 1.76. The molecule has 1 aromatic heterocycles. The number of Topliss-reactive ketones (excluding diaryl/α,β-unsaturated/α-hetero) is 1. The zero-order valence-corrected chi connectivity index (χ0v) is 15.2. The van der Waals surface area contributed by atoms with E-state index in [0.29, 0.717) is 24.4 Å². The van der Waals surface area contributed by atoms with Crippen LogP contribution in [0.5, 0.6) is 0 Å². The summed E-state index contributed by atoms with van der Waals surface area (Å²) in [4.78, 5) is 25.1. The van der Waals surface area contributed by atoms with E-state index in [9.17, 15) is 9.59 Å². The number of aryl methyl sites for hydroxylation is 2. The second-order valence-electron chi connectivity index (χ2n) is 7.14. The average Bonchev–Trinajstić information content (AvgIpc) is 2.79. The minimum absolute atomic E-state index is 0.0352. The molecule has 2 aromatic carbocycles. The maximum atomic E-state index is 12.7.